The minimum absolute atomic E-state index is 0.0436. The molecule has 11 nitrogen and oxygen atoms in total. The molecule has 2 fully saturated rings. The number of amides is 2. The number of aromatic nitrogens is 2. The van der Waals surface area contributed by atoms with Gasteiger partial charge in [0.2, 0.25) is 11.9 Å². The summed E-state index contributed by atoms with van der Waals surface area (Å²) >= 11 is 0. The quantitative estimate of drug-likeness (QED) is 0.455. The summed E-state index contributed by atoms with van der Waals surface area (Å²) in [5.41, 5.74) is 2.89. The lowest BCUT2D eigenvalue weighted by Gasteiger charge is -2.39. The fraction of sp³-hybridized carbons (Fsp3) is 0.538. The third kappa shape index (κ3) is 6.35. The molecule has 37 heavy (non-hydrogen) atoms. The number of carbonyl (C=O) groups is 2. The summed E-state index contributed by atoms with van der Waals surface area (Å²) in [6.07, 6.45) is 0.265. The Hall–Kier alpha value is -3.28. The first kappa shape index (κ1) is 25.4. The molecule has 2 saturated heterocycles. The number of likely N-dealkylation sites (tertiary alicyclic amines) is 1. The van der Waals surface area contributed by atoms with E-state index in [1.54, 1.807) is 17.9 Å². The minimum Gasteiger partial charge on any atom is -0.390 e. The number of anilines is 2. The normalized spacial score (nSPS) is 19.1. The predicted molar refractivity (Wildman–Crippen MR) is 138 cm³/mol. The van der Waals surface area contributed by atoms with Crippen LogP contribution in [0.1, 0.15) is 28.5 Å². The second kappa shape index (κ2) is 11.4. The Bertz CT molecular complexity index is 1120. The second-order valence-corrected chi connectivity index (χ2v) is 9.92. The number of benzene rings is 1. The maximum atomic E-state index is 13.1. The highest BCUT2D eigenvalue weighted by atomic mass is 16.5. The van der Waals surface area contributed by atoms with Gasteiger partial charge in [0, 0.05) is 65.3 Å². The first-order chi connectivity index (χ1) is 17.9. The first-order valence-corrected chi connectivity index (χ1v) is 12.9. The SMILES string of the molecule is CC(=O)N1CC(Nc2cc(C(=O)NC[C@H](O)CN3CCc4ccccc4C3)nc(N3CCOCC3)n2)C1. The van der Waals surface area contributed by atoms with Crippen LogP contribution in [-0.4, -0.2) is 108 Å². The molecule has 0 saturated carbocycles. The molecular formula is C26H35N7O4. The van der Waals surface area contributed by atoms with Gasteiger partial charge < -0.3 is 30.3 Å². The van der Waals surface area contributed by atoms with E-state index in [1.165, 1.54) is 11.1 Å². The number of nitrogens with zero attached hydrogens (tertiary/aromatic N) is 5. The van der Waals surface area contributed by atoms with E-state index in [1.807, 2.05) is 11.0 Å². The Kier molecular flexibility index (Phi) is 7.82. The molecule has 4 heterocycles. The topological polar surface area (TPSA) is 123 Å². The van der Waals surface area contributed by atoms with Crippen molar-refractivity contribution in [3.8, 4) is 0 Å². The molecule has 1 atom stereocenters. The molecule has 0 bridgehead atoms. The van der Waals surface area contributed by atoms with Crippen LogP contribution in [0, 0.1) is 0 Å². The van der Waals surface area contributed by atoms with Gasteiger partial charge >= 0.3 is 0 Å². The molecule has 0 unspecified atom stereocenters. The van der Waals surface area contributed by atoms with Gasteiger partial charge in [0.05, 0.1) is 25.4 Å². The highest BCUT2D eigenvalue weighted by Gasteiger charge is 2.29. The zero-order valence-electron chi connectivity index (χ0n) is 21.2. The standard InChI is InChI=1S/C26H35N7O4/c1-18(34)33-15-21(16-33)28-24-12-23(29-26(30-24)32-8-10-37-11-9-32)25(36)27-13-22(35)17-31-7-6-19-4-2-3-5-20(19)14-31/h2-5,12,21-22,35H,6-11,13-17H2,1H3,(H,27,36)(H,28,29,30)/t22-/m0/s1. The van der Waals surface area contributed by atoms with Crippen molar-refractivity contribution in [2.45, 2.75) is 32.0 Å². The smallest absolute Gasteiger partial charge is 0.270 e. The molecule has 1 aromatic carbocycles. The minimum atomic E-state index is -0.695. The molecule has 1 aromatic heterocycles. The fourth-order valence-electron chi connectivity index (χ4n) is 4.94. The summed E-state index contributed by atoms with van der Waals surface area (Å²) in [6.45, 7) is 7.48. The van der Waals surface area contributed by atoms with Gasteiger partial charge in [0.25, 0.3) is 5.91 Å². The lowest BCUT2D eigenvalue weighted by molar-refractivity contribution is -0.132. The highest BCUT2D eigenvalue weighted by molar-refractivity contribution is 5.93. The van der Waals surface area contributed by atoms with Crippen molar-refractivity contribution in [1.82, 2.24) is 25.1 Å². The number of nitrogens with one attached hydrogen (secondary N) is 2. The van der Waals surface area contributed by atoms with E-state index in [4.69, 9.17) is 4.74 Å². The van der Waals surface area contributed by atoms with Gasteiger partial charge in [-0.15, -0.1) is 0 Å². The molecule has 3 N–H and O–H groups in total. The Morgan fingerprint density at radius 1 is 1.14 bits per heavy atom. The van der Waals surface area contributed by atoms with E-state index in [9.17, 15) is 14.7 Å². The average molecular weight is 510 g/mol. The van der Waals surface area contributed by atoms with Crippen LogP contribution in [0.5, 0.6) is 0 Å². The molecule has 5 rings (SSSR count). The van der Waals surface area contributed by atoms with Crippen LogP contribution in [0.2, 0.25) is 0 Å². The van der Waals surface area contributed by atoms with Gasteiger partial charge in [-0.25, -0.2) is 4.98 Å². The van der Waals surface area contributed by atoms with E-state index in [2.05, 4.69) is 43.7 Å². The van der Waals surface area contributed by atoms with Gasteiger partial charge in [0.1, 0.15) is 11.5 Å². The lowest BCUT2D eigenvalue weighted by atomic mass is 10.00. The van der Waals surface area contributed by atoms with Crippen molar-refractivity contribution in [3.05, 3.63) is 47.2 Å². The lowest BCUT2D eigenvalue weighted by Crippen LogP contribution is -2.56. The second-order valence-electron chi connectivity index (χ2n) is 9.92. The van der Waals surface area contributed by atoms with Crippen LogP contribution in [0.15, 0.2) is 30.3 Å². The van der Waals surface area contributed by atoms with Crippen molar-refractivity contribution in [3.63, 3.8) is 0 Å². The molecule has 0 radical (unpaired) electrons. The molecular weight excluding hydrogens is 474 g/mol. The largest absolute Gasteiger partial charge is 0.390 e. The van der Waals surface area contributed by atoms with Crippen LogP contribution in [0.25, 0.3) is 0 Å². The summed E-state index contributed by atoms with van der Waals surface area (Å²) in [4.78, 5) is 39.7. The van der Waals surface area contributed by atoms with Gasteiger partial charge in [-0.3, -0.25) is 14.5 Å². The van der Waals surface area contributed by atoms with Crippen molar-refractivity contribution < 1.29 is 19.4 Å². The summed E-state index contributed by atoms with van der Waals surface area (Å²) < 4.78 is 5.44. The molecule has 11 heteroatoms. The maximum absolute atomic E-state index is 13.1. The van der Waals surface area contributed by atoms with Crippen molar-refractivity contribution in [2.24, 2.45) is 0 Å². The van der Waals surface area contributed by atoms with Crippen LogP contribution >= 0.6 is 0 Å². The van der Waals surface area contributed by atoms with E-state index in [0.717, 1.165) is 19.5 Å². The van der Waals surface area contributed by atoms with Crippen molar-refractivity contribution in [1.29, 1.82) is 0 Å². The number of morpholine rings is 1. The Labute approximate surface area is 216 Å². The molecule has 198 valence electrons. The first-order valence-electron chi connectivity index (χ1n) is 12.9. The number of aliphatic hydroxyl groups is 1. The molecule has 3 aliphatic rings. The van der Waals surface area contributed by atoms with Gasteiger partial charge in [-0.2, -0.15) is 4.98 Å². The number of carbonyl (C=O) groups excluding carboxylic acids is 2. The molecule has 2 amide bonds. The number of ether oxygens (including phenoxy) is 1. The monoisotopic (exact) mass is 509 g/mol. The Balaban J connectivity index is 1.20. The van der Waals surface area contributed by atoms with Crippen molar-refractivity contribution >= 4 is 23.6 Å². The molecule has 0 aliphatic carbocycles. The number of hydrogen-bond donors (Lipinski definition) is 3. The van der Waals surface area contributed by atoms with Crippen LogP contribution < -0.4 is 15.5 Å². The summed E-state index contributed by atoms with van der Waals surface area (Å²) in [7, 11) is 0. The summed E-state index contributed by atoms with van der Waals surface area (Å²) in [5.74, 6) is 0.695. The third-order valence-electron chi connectivity index (χ3n) is 7.10. The maximum Gasteiger partial charge on any atom is 0.270 e. The number of hydrogen-bond acceptors (Lipinski definition) is 9. The van der Waals surface area contributed by atoms with Gasteiger partial charge in [-0.05, 0) is 17.5 Å². The summed E-state index contributed by atoms with van der Waals surface area (Å²) in [5, 5.41) is 16.8. The van der Waals surface area contributed by atoms with Crippen molar-refractivity contribution in [2.75, 3.05) is 69.2 Å². The fourth-order valence-corrected chi connectivity index (χ4v) is 4.94. The Morgan fingerprint density at radius 2 is 1.89 bits per heavy atom. The van der Waals surface area contributed by atoms with E-state index >= 15 is 0 Å². The zero-order valence-corrected chi connectivity index (χ0v) is 21.2. The predicted octanol–water partition coefficient (Wildman–Crippen LogP) is 0.105. The van der Waals surface area contributed by atoms with E-state index in [-0.39, 0.29) is 30.1 Å². The Morgan fingerprint density at radius 3 is 2.65 bits per heavy atom. The number of rotatable bonds is 8. The van der Waals surface area contributed by atoms with Crippen LogP contribution in [0.3, 0.4) is 0 Å². The van der Waals surface area contributed by atoms with Crippen LogP contribution in [-0.2, 0) is 22.5 Å². The van der Waals surface area contributed by atoms with E-state index in [0.29, 0.717) is 57.7 Å². The van der Waals surface area contributed by atoms with E-state index < -0.39 is 6.10 Å². The third-order valence-corrected chi connectivity index (χ3v) is 7.10. The molecule has 2 aromatic rings. The number of aliphatic hydroxyl groups excluding tert-OH is 1. The summed E-state index contributed by atoms with van der Waals surface area (Å²) in [6, 6.07) is 10.1. The molecule has 0 spiro atoms. The average Bonchev–Trinajstić information content (AvgIpc) is 2.89. The number of β-amino-alcohol motifs (C(OH)–C–C–N with tert-alkyl or cyclic N) is 1. The van der Waals surface area contributed by atoms with Gasteiger partial charge in [0.15, 0.2) is 0 Å². The highest BCUT2D eigenvalue weighted by Crippen LogP contribution is 2.20. The van der Waals surface area contributed by atoms with Gasteiger partial charge in [-0.1, -0.05) is 24.3 Å². The molecule has 3 aliphatic heterocycles. The van der Waals surface area contributed by atoms with Crippen LogP contribution in [0.4, 0.5) is 11.8 Å². The number of fused-ring (bicyclic) bond motifs is 1. The zero-order chi connectivity index (χ0) is 25.8.